The predicted octanol–water partition coefficient (Wildman–Crippen LogP) is 4.44. The minimum absolute atomic E-state index is 0.198. The third-order valence-corrected chi connectivity index (χ3v) is 3.74. The van der Waals surface area contributed by atoms with Gasteiger partial charge in [-0.05, 0) is 49.9 Å². The third-order valence-electron chi connectivity index (χ3n) is 3.43. The van der Waals surface area contributed by atoms with Crippen molar-refractivity contribution in [3.63, 3.8) is 0 Å². The fraction of sp³-hybridized carbons (Fsp3) is 0.600. The van der Waals surface area contributed by atoms with Gasteiger partial charge in [-0.3, -0.25) is 0 Å². The Morgan fingerprint density at radius 3 is 2.61 bits per heavy atom. The van der Waals surface area contributed by atoms with Crippen LogP contribution in [0, 0.1) is 11.7 Å². The van der Waals surface area contributed by atoms with Crippen LogP contribution in [-0.2, 0) is 6.42 Å². The number of nitrogens with one attached hydrogen (secondary N) is 1. The van der Waals surface area contributed by atoms with E-state index in [1.54, 1.807) is 12.1 Å². The molecule has 0 aliphatic rings. The first-order chi connectivity index (χ1) is 8.58. The van der Waals surface area contributed by atoms with Crippen molar-refractivity contribution in [3.8, 4) is 0 Å². The maximum absolute atomic E-state index is 13.4. The zero-order valence-corrected chi connectivity index (χ0v) is 12.2. The smallest absolute Gasteiger partial charge is 0.142 e. The van der Waals surface area contributed by atoms with E-state index in [0.29, 0.717) is 12.0 Å². The Kier molecular flexibility index (Phi) is 6.66. The Bertz CT molecular complexity index is 368. The average molecular weight is 272 g/mol. The summed E-state index contributed by atoms with van der Waals surface area (Å²) in [5.74, 6) is 0.204. The van der Waals surface area contributed by atoms with Gasteiger partial charge in [-0.15, -0.1) is 0 Å². The van der Waals surface area contributed by atoms with Crippen LogP contribution >= 0.6 is 11.6 Å². The quantitative estimate of drug-likeness (QED) is 0.773. The summed E-state index contributed by atoms with van der Waals surface area (Å²) in [7, 11) is 0. The van der Waals surface area contributed by atoms with E-state index in [-0.39, 0.29) is 10.8 Å². The second-order valence-electron chi connectivity index (χ2n) is 4.86. The molecule has 2 unspecified atom stereocenters. The van der Waals surface area contributed by atoms with Crippen molar-refractivity contribution in [3.05, 3.63) is 34.6 Å². The second kappa shape index (κ2) is 7.75. The topological polar surface area (TPSA) is 12.0 Å². The Morgan fingerprint density at radius 2 is 2.06 bits per heavy atom. The zero-order chi connectivity index (χ0) is 13.5. The Hall–Kier alpha value is -0.600. The lowest BCUT2D eigenvalue weighted by Gasteiger charge is -2.24. The van der Waals surface area contributed by atoms with Gasteiger partial charge in [0, 0.05) is 6.04 Å². The predicted molar refractivity (Wildman–Crippen MR) is 76.7 cm³/mol. The molecular weight excluding hydrogens is 249 g/mol. The molecule has 0 aliphatic carbocycles. The van der Waals surface area contributed by atoms with Crippen LogP contribution in [0.1, 0.15) is 39.2 Å². The molecule has 1 aromatic carbocycles. The normalized spacial score (nSPS) is 14.5. The Balaban J connectivity index is 2.64. The minimum atomic E-state index is -0.321. The van der Waals surface area contributed by atoms with Crippen LogP contribution in [0.25, 0.3) is 0 Å². The highest BCUT2D eigenvalue weighted by Crippen LogP contribution is 2.20. The molecule has 0 bridgehead atoms. The van der Waals surface area contributed by atoms with Gasteiger partial charge in [0.2, 0.25) is 0 Å². The summed E-state index contributed by atoms with van der Waals surface area (Å²) >= 11 is 5.69. The van der Waals surface area contributed by atoms with Gasteiger partial charge in [-0.25, -0.2) is 4.39 Å². The summed E-state index contributed by atoms with van der Waals surface area (Å²) in [6, 6.07) is 5.56. The van der Waals surface area contributed by atoms with Crippen molar-refractivity contribution in [1.82, 2.24) is 5.32 Å². The summed E-state index contributed by atoms with van der Waals surface area (Å²) in [5.41, 5.74) is 1.02. The number of hydrogen-bond donors (Lipinski definition) is 1. The molecule has 18 heavy (non-hydrogen) atoms. The van der Waals surface area contributed by atoms with E-state index in [0.717, 1.165) is 31.4 Å². The van der Waals surface area contributed by atoms with E-state index in [1.165, 1.54) is 0 Å². The number of halogens is 2. The van der Waals surface area contributed by atoms with Crippen molar-refractivity contribution in [1.29, 1.82) is 0 Å². The van der Waals surface area contributed by atoms with Crippen molar-refractivity contribution in [2.45, 2.75) is 46.1 Å². The molecule has 0 heterocycles. The van der Waals surface area contributed by atoms with Crippen molar-refractivity contribution in [2.24, 2.45) is 5.92 Å². The molecule has 1 N–H and O–H groups in total. The fourth-order valence-corrected chi connectivity index (χ4v) is 2.30. The molecule has 3 heteroatoms. The van der Waals surface area contributed by atoms with Gasteiger partial charge in [-0.2, -0.15) is 0 Å². The highest BCUT2D eigenvalue weighted by Gasteiger charge is 2.15. The minimum Gasteiger partial charge on any atom is -0.314 e. The van der Waals surface area contributed by atoms with Crippen LogP contribution in [0.5, 0.6) is 0 Å². The van der Waals surface area contributed by atoms with Crippen LogP contribution in [0.4, 0.5) is 4.39 Å². The molecule has 0 radical (unpaired) electrons. The van der Waals surface area contributed by atoms with Crippen LogP contribution in [0.15, 0.2) is 18.2 Å². The number of rotatable bonds is 7. The van der Waals surface area contributed by atoms with E-state index >= 15 is 0 Å². The van der Waals surface area contributed by atoms with E-state index in [1.807, 2.05) is 6.07 Å². The van der Waals surface area contributed by atoms with Crippen molar-refractivity contribution >= 4 is 11.6 Å². The molecule has 0 amide bonds. The summed E-state index contributed by atoms with van der Waals surface area (Å²) in [4.78, 5) is 0. The Morgan fingerprint density at radius 1 is 1.33 bits per heavy atom. The van der Waals surface area contributed by atoms with Crippen molar-refractivity contribution in [2.75, 3.05) is 6.54 Å². The maximum atomic E-state index is 13.4. The van der Waals surface area contributed by atoms with Gasteiger partial charge in [0.1, 0.15) is 5.82 Å². The molecular formula is C15H23ClFN. The number of hydrogen-bond acceptors (Lipinski definition) is 1. The summed E-state index contributed by atoms with van der Waals surface area (Å²) < 4.78 is 13.4. The molecule has 1 aromatic rings. The molecule has 0 fully saturated rings. The first-order valence-electron chi connectivity index (χ1n) is 6.75. The fourth-order valence-electron chi connectivity index (χ4n) is 2.18. The van der Waals surface area contributed by atoms with Crippen LogP contribution in [0.3, 0.4) is 0 Å². The lowest BCUT2D eigenvalue weighted by molar-refractivity contribution is 0.362. The van der Waals surface area contributed by atoms with Crippen LogP contribution in [-0.4, -0.2) is 12.6 Å². The molecule has 0 aromatic heterocycles. The molecule has 0 saturated carbocycles. The summed E-state index contributed by atoms with van der Waals surface area (Å²) in [5, 5.41) is 3.71. The van der Waals surface area contributed by atoms with Gasteiger partial charge in [0.15, 0.2) is 0 Å². The van der Waals surface area contributed by atoms with Crippen LogP contribution < -0.4 is 5.32 Å². The standard InChI is InChI=1S/C15H23ClFN/c1-4-8-18-11(3)13(5-2)9-12-6-7-14(16)15(17)10-12/h6-7,10-11,13,18H,4-5,8-9H2,1-3H3. The molecule has 0 aliphatic heterocycles. The van der Waals surface area contributed by atoms with Gasteiger partial charge in [0.05, 0.1) is 5.02 Å². The molecule has 102 valence electrons. The lowest BCUT2D eigenvalue weighted by Crippen LogP contribution is -2.34. The number of benzene rings is 1. The van der Waals surface area contributed by atoms with Crippen LogP contribution in [0.2, 0.25) is 5.02 Å². The zero-order valence-electron chi connectivity index (χ0n) is 11.5. The van der Waals surface area contributed by atoms with E-state index in [4.69, 9.17) is 11.6 Å². The third kappa shape index (κ3) is 4.58. The summed E-state index contributed by atoms with van der Waals surface area (Å²) in [6.45, 7) is 7.58. The monoisotopic (exact) mass is 271 g/mol. The first-order valence-corrected chi connectivity index (χ1v) is 7.13. The van der Waals surface area contributed by atoms with E-state index in [2.05, 4.69) is 26.1 Å². The average Bonchev–Trinajstić information content (AvgIpc) is 2.37. The highest BCUT2D eigenvalue weighted by atomic mass is 35.5. The SMILES string of the molecule is CCCNC(C)C(CC)Cc1ccc(Cl)c(F)c1. The molecule has 1 rings (SSSR count). The summed E-state index contributed by atoms with van der Waals surface area (Å²) in [6.07, 6.45) is 3.11. The Labute approximate surface area is 115 Å². The van der Waals surface area contributed by atoms with Gasteiger partial charge >= 0.3 is 0 Å². The second-order valence-corrected chi connectivity index (χ2v) is 5.27. The molecule has 2 atom stereocenters. The molecule has 1 nitrogen and oxygen atoms in total. The van der Waals surface area contributed by atoms with Gasteiger partial charge < -0.3 is 5.32 Å². The molecule has 0 saturated heterocycles. The van der Waals surface area contributed by atoms with Gasteiger partial charge in [-0.1, -0.05) is 37.9 Å². The van der Waals surface area contributed by atoms with E-state index < -0.39 is 0 Å². The highest BCUT2D eigenvalue weighted by molar-refractivity contribution is 6.30. The molecule has 0 spiro atoms. The lowest BCUT2D eigenvalue weighted by atomic mass is 9.90. The van der Waals surface area contributed by atoms with Crippen molar-refractivity contribution < 1.29 is 4.39 Å². The van der Waals surface area contributed by atoms with E-state index in [9.17, 15) is 4.39 Å². The maximum Gasteiger partial charge on any atom is 0.142 e. The largest absolute Gasteiger partial charge is 0.314 e. The first kappa shape index (κ1) is 15.5. The van der Waals surface area contributed by atoms with Gasteiger partial charge in [0.25, 0.3) is 0 Å².